The van der Waals surface area contributed by atoms with Gasteiger partial charge in [0.25, 0.3) is 0 Å². The molecular weight excluding hydrogens is 877 g/mol. The molecule has 0 N–H and O–H groups in total. The lowest BCUT2D eigenvalue weighted by Gasteiger charge is -2.18. The van der Waals surface area contributed by atoms with Crippen LogP contribution in [0.5, 0.6) is 0 Å². The lowest BCUT2D eigenvalue weighted by Crippen LogP contribution is -2.30. The Morgan fingerprint density at radius 2 is 0.577 bits per heavy atom. The van der Waals surface area contributed by atoms with Crippen LogP contribution in [-0.2, 0) is 28.6 Å². The Balaban J connectivity index is 4.53. The molecule has 0 spiro atoms. The van der Waals surface area contributed by atoms with E-state index in [1.165, 1.54) is 89.9 Å². The van der Waals surface area contributed by atoms with Gasteiger partial charge in [-0.2, -0.15) is 0 Å². The van der Waals surface area contributed by atoms with E-state index in [2.05, 4.69) is 136 Å². The van der Waals surface area contributed by atoms with Crippen LogP contribution in [0.25, 0.3) is 0 Å². The van der Waals surface area contributed by atoms with Gasteiger partial charge in [0.15, 0.2) is 6.10 Å². The normalized spacial score (nSPS) is 13.0. The van der Waals surface area contributed by atoms with Crippen molar-refractivity contribution in [1.82, 2.24) is 0 Å². The van der Waals surface area contributed by atoms with Gasteiger partial charge in [0.2, 0.25) is 0 Å². The van der Waals surface area contributed by atoms with Crippen LogP contribution in [-0.4, -0.2) is 37.2 Å². The minimum Gasteiger partial charge on any atom is -0.462 e. The third-order valence-electron chi connectivity index (χ3n) is 12.0. The van der Waals surface area contributed by atoms with E-state index in [4.69, 9.17) is 14.2 Å². The predicted octanol–water partition coefficient (Wildman–Crippen LogP) is 19.6. The van der Waals surface area contributed by atoms with Gasteiger partial charge >= 0.3 is 17.9 Å². The highest BCUT2D eigenvalue weighted by molar-refractivity contribution is 5.71. The maximum absolute atomic E-state index is 12.9. The molecule has 0 rings (SSSR count). The molecule has 0 aromatic rings. The zero-order chi connectivity index (χ0) is 51.4. The molecule has 6 heteroatoms. The molecule has 0 aliphatic carbocycles. The lowest BCUT2D eigenvalue weighted by molar-refractivity contribution is -0.166. The van der Waals surface area contributed by atoms with Gasteiger partial charge in [-0.25, -0.2) is 0 Å². The fourth-order valence-corrected chi connectivity index (χ4v) is 7.69. The first kappa shape index (κ1) is 66.8. The summed E-state index contributed by atoms with van der Waals surface area (Å²) in [6, 6.07) is 0. The molecule has 402 valence electrons. The summed E-state index contributed by atoms with van der Waals surface area (Å²) in [5.41, 5.74) is 0. The molecular formula is C65H106O6. The first-order valence-corrected chi connectivity index (χ1v) is 29.0. The number of hydrogen-bond acceptors (Lipinski definition) is 6. The fraction of sp³-hybridized carbons (Fsp3) is 0.646. The van der Waals surface area contributed by atoms with Crippen molar-refractivity contribution in [2.24, 2.45) is 0 Å². The molecule has 6 nitrogen and oxygen atoms in total. The minimum absolute atomic E-state index is 0.108. The standard InChI is InChI=1S/C65H106O6/c1-4-7-10-13-16-19-22-25-28-30-32-34-37-40-43-46-49-52-55-58-64(67)70-61-62(60-69-63(66)57-54-51-48-45-42-39-36-27-24-21-18-15-12-9-6-3)71-65(68)59-56-53-50-47-44-41-38-35-33-31-29-26-23-20-17-14-11-8-5-2/h7-8,10-11,16-17,19-20,25-26,28-29,32-35,40,43,49,52,62H,4-6,9,12-15,18,21-24,27,30-31,36-39,41-42,44-48,50-51,53-61H2,1-3H3/b10-7-,11-8-,19-16-,20-17-,28-25-,29-26-,34-32-,35-33-,43-40-,52-49-. The average molecular weight is 984 g/mol. The first-order chi connectivity index (χ1) is 35.0. The smallest absolute Gasteiger partial charge is 0.306 e. The van der Waals surface area contributed by atoms with Crippen molar-refractivity contribution >= 4 is 17.9 Å². The number of esters is 3. The van der Waals surface area contributed by atoms with Gasteiger partial charge in [-0.15, -0.1) is 0 Å². The lowest BCUT2D eigenvalue weighted by atomic mass is 10.0. The highest BCUT2D eigenvalue weighted by Crippen LogP contribution is 2.15. The Labute approximate surface area is 437 Å². The minimum atomic E-state index is -0.819. The molecule has 0 aliphatic heterocycles. The Morgan fingerprint density at radius 3 is 0.944 bits per heavy atom. The summed E-state index contributed by atoms with van der Waals surface area (Å²) < 4.78 is 16.8. The van der Waals surface area contributed by atoms with Crippen molar-refractivity contribution in [1.29, 1.82) is 0 Å². The van der Waals surface area contributed by atoms with E-state index in [0.29, 0.717) is 19.3 Å². The molecule has 0 bridgehead atoms. The third kappa shape index (κ3) is 56.6. The van der Waals surface area contributed by atoms with Gasteiger partial charge in [0.05, 0.1) is 0 Å². The zero-order valence-electron chi connectivity index (χ0n) is 45.9. The van der Waals surface area contributed by atoms with E-state index >= 15 is 0 Å². The van der Waals surface area contributed by atoms with Crippen LogP contribution < -0.4 is 0 Å². The van der Waals surface area contributed by atoms with Crippen LogP contribution in [0.4, 0.5) is 0 Å². The third-order valence-corrected chi connectivity index (χ3v) is 12.0. The molecule has 0 saturated heterocycles. The molecule has 0 radical (unpaired) electrons. The number of rotatable bonds is 51. The average Bonchev–Trinajstić information content (AvgIpc) is 3.37. The number of allylic oxidation sites excluding steroid dienone is 20. The van der Waals surface area contributed by atoms with Gasteiger partial charge in [0.1, 0.15) is 13.2 Å². The maximum atomic E-state index is 12.9. The highest BCUT2D eigenvalue weighted by atomic mass is 16.6. The molecule has 0 heterocycles. The molecule has 0 aliphatic rings. The summed E-state index contributed by atoms with van der Waals surface area (Å²) in [7, 11) is 0. The summed E-state index contributed by atoms with van der Waals surface area (Å²) in [4.78, 5) is 38.2. The summed E-state index contributed by atoms with van der Waals surface area (Å²) >= 11 is 0. The van der Waals surface area contributed by atoms with Crippen LogP contribution in [0.2, 0.25) is 0 Å². The maximum Gasteiger partial charge on any atom is 0.306 e. The van der Waals surface area contributed by atoms with Crippen molar-refractivity contribution in [2.45, 2.75) is 258 Å². The largest absolute Gasteiger partial charge is 0.462 e. The number of hydrogen-bond donors (Lipinski definition) is 0. The van der Waals surface area contributed by atoms with Crippen molar-refractivity contribution in [3.63, 3.8) is 0 Å². The van der Waals surface area contributed by atoms with E-state index < -0.39 is 6.10 Å². The van der Waals surface area contributed by atoms with Crippen LogP contribution in [0.3, 0.4) is 0 Å². The van der Waals surface area contributed by atoms with Gasteiger partial charge in [-0.1, -0.05) is 258 Å². The second-order valence-electron chi connectivity index (χ2n) is 18.8. The van der Waals surface area contributed by atoms with Gasteiger partial charge in [0, 0.05) is 19.3 Å². The quantitative estimate of drug-likeness (QED) is 0.0261. The SMILES string of the molecule is CC/C=C\C/C=C\C/C=C\C/C=C\C/C=C\C/C=C\CCC(=O)OCC(COC(=O)CCCCCCCCCCCCCCCCC)OC(=O)CCCCCCCC/C=C\C/C=C\C/C=C\C/C=C\CC. The van der Waals surface area contributed by atoms with Crippen LogP contribution in [0.1, 0.15) is 252 Å². The van der Waals surface area contributed by atoms with Crippen molar-refractivity contribution in [3.05, 3.63) is 122 Å². The molecule has 0 aromatic heterocycles. The second-order valence-corrected chi connectivity index (χ2v) is 18.8. The number of ether oxygens (including phenoxy) is 3. The Morgan fingerprint density at radius 1 is 0.296 bits per heavy atom. The van der Waals surface area contributed by atoms with E-state index in [1.807, 2.05) is 6.08 Å². The van der Waals surface area contributed by atoms with E-state index in [-0.39, 0.29) is 37.5 Å². The first-order valence-electron chi connectivity index (χ1n) is 29.0. The van der Waals surface area contributed by atoms with Gasteiger partial charge in [-0.05, 0) is 96.3 Å². The van der Waals surface area contributed by atoms with Gasteiger partial charge in [-0.3, -0.25) is 14.4 Å². The van der Waals surface area contributed by atoms with Crippen molar-refractivity contribution in [2.75, 3.05) is 13.2 Å². The molecule has 71 heavy (non-hydrogen) atoms. The molecule has 0 fully saturated rings. The molecule has 0 amide bonds. The summed E-state index contributed by atoms with van der Waals surface area (Å²) in [6.07, 6.45) is 80.5. The van der Waals surface area contributed by atoms with Gasteiger partial charge < -0.3 is 14.2 Å². The second kappa shape index (κ2) is 58.4. The topological polar surface area (TPSA) is 78.9 Å². The molecule has 0 aromatic carbocycles. The fourth-order valence-electron chi connectivity index (χ4n) is 7.69. The van der Waals surface area contributed by atoms with Crippen molar-refractivity contribution < 1.29 is 28.6 Å². The monoisotopic (exact) mass is 983 g/mol. The number of carbonyl (C=O) groups is 3. The van der Waals surface area contributed by atoms with Crippen LogP contribution in [0, 0.1) is 0 Å². The zero-order valence-corrected chi connectivity index (χ0v) is 45.9. The summed E-state index contributed by atoms with van der Waals surface area (Å²) in [5, 5.41) is 0. The van der Waals surface area contributed by atoms with Crippen molar-refractivity contribution in [3.8, 4) is 0 Å². The van der Waals surface area contributed by atoms with E-state index in [0.717, 1.165) is 116 Å². The predicted molar refractivity (Wildman–Crippen MR) is 306 cm³/mol. The Kier molecular flexibility index (Phi) is 54.9. The van der Waals surface area contributed by atoms with E-state index in [1.54, 1.807) is 0 Å². The number of carbonyl (C=O) groups excluding carboxylic acids is 3. The Hall–Kier alpha value is -4.19. The summed E-state index contributed by atoms with van der Waals surface area (Å²) in [5.74, 6) is -1.01. The molecule has 0 saturated carbocycles. The summed E-state index contributed by atoms with van der Waals surface area (Å²) in [6.45, 7) is 6.34. The van der Waals surface area contributed by atoms with Crippen LogP contribution >= 0.6 is 0 Å². The molecule has 1 atom stereocenters. The van der Waals surface area contributed by atoms with E-state index in [9.17, 15) is 14.4 Å². The highest BCUT2D eigenvalue weighted by Gasteiger charge is 2.19. The Bertz CT molecular complexity index is 1500. The van der Waals surface area contributed by atoms with Crippen LogP contribution in [0.15, 0.2) is 122 Å². The molecule has 1 unspecified atom stereocenters. The number of unbranched alkanes of at least 4 members (excludes halogenated alkanes) is 20.